The van der Waals surface area contributed by atoms with E-state index in [0.717, 1.165) is 17.5 Å². The molecule has 3 N–H and O–H groups in total. The lowest BCUT2D eigenvalue weighted by atomic mass is 9.89. The molecule has 0 saturated heterocycles. The molecule has 5 nitrogen and oxygen atoms in total. The smallest absolute Gasteiger partial charge is 0.315 e. The minimum absolute atomic E-state index is 0.126. The molecule has 2 amide bonds. The van der Waals surface area contributed by atoms with Gasteiger partial charge in [0, 0.05) is 20.2 Å². The van der Waals surface area contributed by atoms with Crippen molar-refractivity contribution in [1.82, 2.24) is 10.6 Å². The first-order chi connectivity index (χ1) is 10.4. The molecule has 0 aliphatic carbocycles. The summed E-state index contributed by atoms with van der Waals surface area (Å²) in [5.41, 5.74) is 1.22. The molecule has 1 rings (SSSR count). The van der Waals surface area contributed by atoms with E-state index in [1.807, 2.05) is 38.1 Å². The number of aliphatic hydroxyl groups is 1. The van der Waals surface area contributed by atoms with Crippen LogP contribution >= 0.6 is 0 Å². The first kappa shape index (κ1) is 18.5. The number of nitrogens with one attached hydrogen (secondary N) is 2. The maximum absolute atomic E-state index is 11.8. The maximum atomic E-state index is 11.8. The van der Waals surface area contributed by atoms with Crippen LogP contribution in [-0.2, 0) is 17.9 Å². The largest absolute Gasteiger partial charge is 0.388 e. The van der Waals surface area contributed by atoms with Crippen molar-refractivity contribution in [2.75, 3.05) is 13.7 Å². The molecule has 0 spiro atoms. The molecule has 1 aromatic carbocycles. The van der Waals surface area contributed by atoms with Crippen LogP contribution in [0.2, 0.25) is 0 Å². The SMILES string of the molecule is CCC(C)C(C)(O)CNC(=O)NCc1ccc(COC)cc1. The first-order valence-electron chi connectivity index (χ1n) is 7.70. The maximum Gasteiger partial charge on any atom is 0.315 e. The highest BCUT2D eigenvalue weighted by atomic mass is 16.5. The standard InChI is InChI=1S/C17H28N2O3/c1-5-13(2)17(3,21)12-19-16(20)18-10-14-6-8-15(9-7-14)11-22-4/h6-9,13,21H,5,10-12H2,1-4H3,(H2,18,19,20). The van der Waals surface area contributed by atoms with Gasteiger partial charge >= 0.3 is 6.03 Å². The van der Waals surface area contributed by atoms with Crippen molar-refractivity contribution >= 4 is 6.03 Å². The molecule has 0 fully saturated rings. The number of amides is 2. The number of benzene rings is 1. The summed E-state index contributed by atoms with van der Waals surface area (Å²) < 4.78 is 5.05. The summed E-state index contributed by atoms with van der Waals surface area (Å²) in [5.74, 6) is 0.126. The van der Waals surface area contributed by atoms with Gasteiger partial charge in [0.15, 0.2) is 0 Å². The van der Waals surface area contributed by atoms with Gasteiger partial charge in [0.05, 0.1) is 12.2 Å². The molecular weight excluding hydrogens is 280 g/mol. The Bertz CT molecular complexity index is 457. The third-order valence-electron chi connectivity index (χ3n) is 4.07. The molecule has 5 heteroatoms. The summed E-state index contributed by atoms with van der Waals surface area (Å²) in [5, 5.41) is 15.8. The third-order valence-corrected chi connectivity index (χ3v) is 4.07. The summed E-state index contributed by atoms with van der Waals surface area (Å²) in [6.45, 7) is 7.01. The van der Waals surface area contributed by atoms with Gasteiger partial charge in [-0.1, -0.05) is 44.5 Å². The average Bonchev–Trinajstić information content (AvgIpc) is 2.51. The molecule has 0 aliphatic rings. The Labute approximate surface area is 133 Å². The second-order valence-corrected chi connectivity index (χ2v) is 5.95. The van der Waals surface area contributed by atoms with Crippen LogP contribution < -0.4 is 10.6 Å². The molecule has 124 valence electrons. The van der Waals surface area contributed by atoms with E-state index < -0.39 is 5.60 Å². The molecule has 0 heterocycles. The minimum atomic E-state index is -0.895. The van der Waals surface area contributed by atoms with E-state index in [2.05, 4.69) is 10.6 Å². The molecule has 0 saturated carbocycles. The lowest BCUT2D eigenvalue weighted by Gasteiger charge is -2.29. The van der Waals surface area contributed by atoms with E-state index in [0.29, 0.717) is 13.2 Å². The van der Waals surface area contributed by atoms with Crippen molar-refractivity contribution in [3.05, 3.63) is 35.4 Å². The van der Waals surface area contributed by atoms with Crippen molar-refractivity contribution in [2.24, 2.45) is 5.92 Å². The van der Waals surface area contributed by atoms with Gasteiger partial charge in [0.25, 0.3) is 0 Å². The van der Waals surface area contributed by atoms with Crippen molar-refractivity contribution in [3.63, 3.8) is 0 Å². The lowest BCUT2D eigenvalue weighted by molar-refractivity contribution is 0.00790. The quantitative estimate of drug-likeness (QED) is 0.691. The topological polar surface area (TPSA) is 70.6 Å². The van der Waals surface area contributed by atoms with Crippen LogP contribution in [0.25, 0.3) is 0 Å². The van der Waals surface area contributed by atoms with Gasteiger partial charge in [-0.15, -0.1) is 0 Å². The summed E-state index contributed by atoms with van der Waals surface area (Å²) in [4.78, 5) is 11.8. The number of hydrogen-bond acceptors (Lipinski definition) is 3. The Kier molecular flexibility index (Phi) is 7.35. The second kappa shape index (κ2) is 8.76. The second-order valence-electron chi connectivity index (χ2n) is 5.95. The first-order valence-corrected chi connectivity index (χ1v) is 7.70. The Morgan fingerprint density at radius 3 is 2.41 bits per heavy atom. The molecular formula is C17H28N2O3. The van der Waals surface area contributed by atoms with Crippen LogP contribution in [0.5, 0.6) is 0 Å². The van der Waals surface area contributed by atoms with Crippen LogP contribution in [0.1, 0.15) is 38.3 Å². The fraction of sp³-hybridized carbons (Fsp3) is 0.588. The number of ether oxygens (including phenoxy) is 1. The highest BCUT2D eigenvalue weighted by molar-refractivity contribution is 5.73. The monoisotopic (exact) mass is 308 g/mol. The van der Waals surface area contributed by atoms with Crippen molar-refractivity contribution < 1.29 is 14.6 Å². The average molecular weight is 308 g/mol. The zero-order chi connectivity index (χ0) is 16.6. The molecule has 2 atom stereocenters. The summed E-state index contributed by atoms with van der Waals surface area (Å²) >= 11 is 0. The van der Waals surface area contributed by atoms with E-state index in [4.69, 9.17) is 4.74 Å². The Balaban J connectivity index is 2.37. The van der Waals surface area contributed by atoms with Gasteiger partial charge in [-0.05, 0) is 24.0 Å². The normalized spacial score (nSPS) is 15.0. The van der Waals surface area contributed by atoms with E-state index in [1.165, 1.54) is 0 Å². The Morgan fingerprint density at radius 2 is 1.86 bits per heavy atom. The van der Waals surface area contributed by atoms with Gasteiger partial charge < -0.3 is 20.5 Å². The molecule has 0 bridgehead atoms. The fourth-order valence-electron chi connectivity index (χ4n) is 2.04. The summed E-state index contributed by atoms with van der Waals surface area (Å²) in [6.07, 6.45) is 0.865. The van der Waals surface area contributed by atoms with Crippen LogP contribution in [0.3, 0.4) is 0 Å². The predicted molar refractivity (Wildman–Crippen MR) is 87.5 cm³/mol. The van der Waals surface area contributed by atoms with Crippen molar-refractivity contribution in [2.45, 2.75) is 45.9 Å². The van der Waals surface area contributed by atoms with E-state index >= 15 is 0 Å². The van der Waals surface area contributed by atoms with Gasteiger partial charge in [-0.2, -0.15) is 0 Å². The lowest BCUT2D eigenvalue weighted by Crippen LogP contribution is -2.47. The van der Waals surface area contributed by atoms with Gasteiger partial charge in [0.2, 0.25) is 0 Å². The van der Waals surface area contributed by atoms with E-state index in [1.54, 1.807) is 14.0 Å². The molecule has 1 aromatic rings. The number of hydrogen-bond donors (Lipinski definition) is 3. The highest BCUT2D eigenvalue weighted by Gasteiger charge is 2.27. The van der Waals surface area contributed by atoms with Crippen LogP contribution in [0.4, 0.5) is 4.79 Å². The summed E-state index contributed by atoms with van der Waals surface area (Å²) in [6, 6.07) is 7.61. The number of methoxy groups -OCH3 is 1. The van der Waals surface area contributed by atoms with Crippen molar-refractivity contribution in [1.29, 1.82) is 0 Å². The van der Waals surface area contributed by atoms with Gasteiger partial charge in [-0.3, -0.25) is 0 Å². The molecule has 0 aromatic heterocycles. The fourth-order valence-corrected chi connectivity index (χ4v) is 2.04. The predicted octanol–water partition coefficient (Wildman–Crippen LogP) is 2.43. The molecule has 0 aliphatic heterocycles. The number of carbonyl (C=O) groups is 1. The highest BCUT2D eigenvalue weighted by Crippen LogP contribution is 2.18. The minimum Gasteiger partial charge on any atom is -0.388 e. The number of urea groups is 1. The summed E-state index contributed by atoms with van der Waals surface area (Å²) in [7, 11) is 1.66. The zero-order valence-corrected chi connectivity index (χ0v) is 14.0. The Morgan fingerprint density at radius 1 is 1.27 bits per heavy atom. The molecule has 0 radical (unpaired) electrons. The Hall–Kier alpha value is -1.59. The number of carbonyl (C=O) groups excluding carboxylic acids is 1. The van der Waals surface area contributed by atoms with Crippen LogP contribution in [0, 0.1) is 5.92 Å². The zero-order valence-electron chi connectivity index (χ0n) is 14.0. The van der Waals surface area contributed by atoms with Crippen LogP contribution in [0.15, 0.2) is 24.3 Å². The number of rotatable bonds is 8. The van der Waals surface area contributed by atoms with E-state index in [9.17, 15) is 9.90 Å². The van der Waals surface area contributed by atoms with E-state index in [-0.39, 0.29) is 18.5 Å². The van der Waals surface area contributed by atoms with Gasteiger partial charge in [-0.25, -0.2) is 4.79 Å². The third kappa shape index (κ3) is 6.03. The molecule has 2 unspecified atom stereocenters. The van der Waals surface area contributed by atoms with Gasteiger partial charge in [0.1, 0.15) is 0 Å². The van der Waals surface area contributed by atoms with Crippen molar-refractivity contribution in [3.8, 4) is 0 Å². The molecule has 22 heavy (non-hydrogen) atoms. The van der Waals surface area contributed by atoms with Crippen LogP contribution in [-0.4, -0.2) is 30.4 Å².